The molecule has 0 N–H and O–H groups in total. The van der Waals surface area contributed by atoms with E-state index < -0.39 is 84.1 Å². The van der Waals surface area contributed by atoms with E-state index in [9.17, 15) is 9.59 Å². The Bertz CT molecular complexity index is 1260. The van der Waals surface area contributed by atoms with Crippen LogP contribution < -0.4 is 0 Å². The summed E-state index contributed by atoms with van der Waals surface area (Å²) in [5.41, 5.74) is -0.609. The number of nitrogens with zero attached hydrogens (tertiary/aromatic N) is 1. The van der Waals surface area contributed by atoms with Crippen molar-refractivity contribution in [3.05, 3.63) is 11.3 Å². The highest BCUT2D eigenvalue weighted by Crippen LogP contribution is 2.49. The van der Waals surface area contributed by atoms with Gasteiger partial charge in [-0.05, 0) is 80.5 Å². The molecule has 0 amide bonds. The Morgan fingerprint density at radius 3 is 2.27 bits per heavy atom. The van der Waals surface area contributed by atoms with Crippen molar-refractivity contribution in [3.63, 3.8) is 0 Å². The van der Waals surface area contributed by atoms with Crippen LogP contribution in [0.2, 0.25) is 0 Å². The molecule has 0 aromatic rings. The SMILES string of the molecule is CC[C@H]1OC(=O)[C@H](C)[C@@H](O[C@H]2C[C@@](C)(OC)C[C@H](C)O2)[C@H](C)[C@@H](O[C@@H]2O[C@H](C)C[C@H](N(C)CC)[C@H]2OC(C)=O)[C@@]2(C)CC(C)=C(O2)[C@@H]([C@H](C)F)[C@H]1C. The molecule has 2 bridgehead atoms. The van der Waals surface area contributed by atoms with Gasteiger partial charge in [0.15, 0.2) is 18.7 Å². The average Bonchev–Trinajstić information content (AvgIpc) is 3.37. The van der Waals surface area contributed by atoms with Gasteiger partial charge in [0.1, 0.15) is 29.7 Å². The van der Waals surface area contributed by atoms with Gasteiger partial charge in [-0.15, -0.1) is 0 Å². The summed E-state index contributed by atoms with van der Waals surface area (Å²) in [6.07, 6.45) is -3.41. The molecule has 4 aliphatic rings. The van der Waals surface area contributed by atoms with Gasteiger partial charge < -0.3 is 37.9 Å². The van der Waals surface area contributed by atoms with Gasteiger partial charge in [-0.25, -0.2) is 4.39 Å². The first-order chi connectivity index (χ1) is 24.3. The summed E-state index contributed by atoms with van der Waals surface area (Å²) < 4.78 is 67.8. The number of hydrogen-bond donors (Lipinski definition) is 0. The summed E-state index contributed by atoms with van der Waals surface area (Å²) in [6.45, 7) is 23.3. The molecule has 0 radical (unpaired) electrons. The van der Waals surface area contributed by atoms with Crippen LogP contribution in [0, 0.1) is 23.7 Å². The van der Waals surface area contributed by atoms with Gasteiger partial charge in [-0.1, -0.05) is 27.7 Å². The number of hydrogen-bond acceptors (Lipinski definition) is 11. The van der Waals surface area contributed by atoms with Gasteiger partial charge >= 0.3 is 11.9 Å². The predicted octanol–water partition coefficient (Wildman–Crippen LogP) is 6.74. The molecule has 3 saturated heterocycles. The van der Waals surface area contributed by atoms with E-state index >= 15 is 4.39 Å². The van der Waals surface area contributed by atoms with Crippen molar-refractivity contribution >= 4 is 11.9 Å². The first kappa shape index (κ1) is 42.9. The molecule has 4 rings (SSSR count). The number of halogens is 1. The molecule has 0 aliphatic carbocycles. The number of ether oxygens (including phenoxy) is 8. The Labute approximate surface area is 311 Å². The number of carbonyl (C=O) groups excluding carboxylic acids is 2. The second-order valence-corrected chi connectivity index (χ2v) is 16.7. The molecule has 4 heterocycles. The number of fused-ring (bicyclic) bond motifs is 2. The van der Waals surface area contributed by atoms with E-state index in [0.717, 1.165) is 12.1 Å². The lowest BCUT2D eigenvalue weighted by molar-refractivity contribution is -0.311. The number of methoxy groups -OCH3 is 1. The van der Waals surface area contributed by atoms with Gasteiger partial charge in [0, 0.05) is 45.1 Å². The highest BCUT2D eigenvalue weighted by atomic mass is 19.1. The van der Waals surface area contributed by atoms with Crippen LogP contribution in [0.25, 0.3) is 0 Å². The number of rotatable bonds is 10. The van der Waals surface area contributed by atoms with Crippen LogP contribution in [0.5, 0.6) is 0 Å². The monoisotopic (exact) mass is 741 g/mol. The molecule has 0 saturated carbocycles. The molecule has 0 aromatic carbocycles. The molecule has 0 aromatic heterocycles. The largest absolute Gasteiger partial charge is 0.488 e. The summed E-state index contributed by atoms with van der Waals surface area (Å²) >= 11 is 0. The number of allylic oxidation sites excluding steroid dienone is 1. The standard InChI is InChI=1S/C40H68FNO10/c1-15-30-24(6)32(27(9)41)33-21(3)18-40(12,52-33)36(51-38-35(48-28(10)43)29(42(13)16-2)17-22(4)47-38)25(7)34(26(8)37(44)49-30)50-31-20-39(11,45-14)19-23(5)46-31/h22-27,29-32,34-36,38H,15-20H2,1-14H3/t22-,23+,24+,25+,26-,27+,29+,30-,31+,32-,34+,35-,36-,38+,39+,40-/m1/s1. The summed E-state index contributed by atoms with van der Waals surface area (Å²) in [5.74, 6) is -2.65. The highest BCUT2D eigenvalue weighted by molar-refractivity contribution is 5.73. The van der Waals surface area contributed by atoms with Crippen molar-refractivity contribution in [1.82, 2.24) is 4.90 Å². The average molecular weight is 742 g/mol. The summed E-state index contributed by atoms with van der Waals surface area (Å²) in [6, 6.07) is -0.176. The first-order valence-corrected chi connectivity index (χ1v) is 19.6. The van der Waals surface area contributed by atoms with Crippen LogP contribution in [0.15, 0.2) is 11.3 Å². The van der Waals surface area contributed by atoms with Crippen LogP contribution >= 0.6 is 0 Å². The quantitative estimate of drug-likeness (QED) is 0.222. The van der Waals surface area contributed by atoms with E-state index in [2.05, 4.69) is 11.8 Å². The predicted molar refractivity (Wildman–Crippen MR) is 194 cm³/mol. The van der Waals surface area contributed by atoms with Crippen LogP contribution in [0.4, 0.5) is 4.39 Å². The fourth-order valence-electron chi connectivity index (χ4n) is 9.33. The Morgan fingerprint density at radius 1 is 1.02 bits per heavy atom. The maximum atomic E-state index is 15.8. The molecule has 0 spiro atoms. The second kappa shape index (κ2) is 17.3. The molecule has 4 aliphatic heterocycles. The molecular formula is C40H68FNO10. The van der Waals surface area contributed by atoms with Crippen molar-refractivity contribution in [2.75, 3.05) is 20.7 Å². The maximum Gasteiger partial charge on any atom is 0.311 e. The van der Waals surface area contributed by atoms with Crippen molar-refractivity contribution < 1.29 is 51.9 Å². The third-order valence-electron chi connectivity index (χ3n) is 12.2. The Hall–Kier alpha value is -1.83. The van der Waals surface area contributed by atoms with Crippen LogP contribution in [0.1, 0.15) is 115 Å². The molecule has 52 heavy (non-hydrogen) atoms. The third-order valence-corrected chi connectivity index (χ3v) is 12.2. The summed E-state index contributed by atoms with van der Waals surface area (Å²) in [5, 5.41) is 0. The number of alkyl halides is 1. The van der Waals surface area contributed by atoms with E-state index in [4.69, 9.17) is 37.9 Å². The molecule has 16 atom stereocenters. The Kier molecular flexibility index (Phi) is 14.3. The number of esters is 2. The topological polar surface area (TPSA) is 111 Å². The molecule has 11 nitrogen and oxygen atoms in total. The zero-order valence-electron chi connectivity index (χ0n) is 34.2. The van der Waals surface area contributed by atoms with Crippen LogP contribution in [-0.4, -0.2) is 110 Å². The summed E-state index contributed by atoms with van der Waals surface area (Å²) in [7, 11) is 3.68. The lowest BCUT2D eigenvalue weighted by Gasteiger charge is -2.49. The zero-order chi connectivity index (χ0) is 38.9. The van der Waals surface area contributed by atoms with Gasteiger partial charge in [0.25, 0.3) is 0 Å². The minimum Gasteiger partial charge on any atom is -0.488 e. The van der Waals surface area contributed by atoms with Crippen molar-refractivity contribution in [3.8, 4) is 0 Å². The molecule has 3 fully saturated rings. The number of likely N-dealkylation sites (N-methyl/N-ethyl adjacent to an activating group) is 1. The fourth-order valence-corrected chi connectivity index (χ4v) is 9.33. The fraction of sp³-hybridized carbons (Fsp3) is 0.900. The van der Waals surface area contributed by atoms with Gasteiger partial charge in [0.05, 0.1) is 41.8 Å². The highest BCUT2D eigenvalue weighted by Gasteiger charge is 2.55. The van der Waals surface area contributed by atoms with E-state index in [-0.39, 0.29) is 24.2 Å². The van der Waals surface area contributed by atoms with Gasteiger partial charge in [-0.2, -0.15) is 0 Å². The van der Waals surface area contributed by atoms with E-state index in [1.54, 1.807) is 14.0 Å². The smallest absolute Gasteiger partial charge is 0.311 e. The Morgan fingerprint density at radius 2 is 1.69 bits per heavy atom. The third kappa shape index (κ3) is 9.33. The lowest BCUT2D eigenvalue weighted by Crippen LogP contribution is -2.60. The van der Waals surface area contributed by atoms with Gasteiger partial charge in [-0.3, -0.25) is 14.5 Å². The molecular weight excluding hydrogens is 673 g/mol. The molecule has 0 unspecified atom stereocenters. The second-order valence-electron chi connectivity index (χ2n) is 16.7. The Balaban J connectivity index is 1.86. The summed E-state index contributed by atoms with van der Waals surface area (Å²) in [4.78, 5) is 28.9. The lowest BCUT2D eigenvalue weighted by atomic mass is 9.79. The normalized spacial score (nSPS) is 44.0. The van der Waals surface area contributed by atoms with Crippen molar-refractivity contribution in [1.29, 1.82) is 0 Å². The van der Waals surface area contributed by atoms with E-state index in [1.807, 2.05) is 62.4 Å². The minimum absolute atomic E-state index is 0.149. The van der Waals surface area contributed by atoms with Crippen molar-refractivity contribution in [2.24, 2.45) is 23.7 Å². The minimum atomic E-state index is -1.27. The van der Waals surface area contributed by atoms with Crippen molar-refractivity contribution in [2.45, 2.75) is 188 Å². The van der Waals surface area contributed by atoms with E-state index in [0.29, 0.717) is 37.9 Å². The molecule has 12 heteroatoms. The number of cyclic esters (lactones) is 1. The maximum absolute atomic E-state index is 15.8. The molecule has 300 valence electrons. The first-order valence-electron chi connectivity index (χ1n) is 19.6. The van der Waals surface area contributed by atoms with Gasteiger partial charge in [0.2, 0.25) is 0 Å². The zero-order valence-corrected chi connectivity index (χ0v) is 34.2. The van der Waals surface area contributed by atoms with E-state index in [1.165, 1.54) is 13.8 Å². The number of carbonyl (C=O) groups is 2. The van der Waals surface area contributed by atoms with Crippen LogP contribution in [-0.2, 0) is 47.5 Å². The van der Waals surface area contributed by atoms with Crippen LogP contribution in [0.3, 0.4) is 0 Å².